The van der Waals surface area contributed by atoms with Gasteiger partial charge in [-0.1, -0.05) is 78.7 Å². The fourth-order valence-electron chi connectivity index (χ4n) is 4.28. The SMILES string of the molecule is NC(NCC(c1ccccc1Cl)N1CCCCC1)c1cccc2ccccc12. The van der Waals surface area contributed by atoms with E-state index in [9.17, 15) is 0 Å². The molecule has 2 unspecified atom stereocenters. The lowest BCUT2D eigenvalue weighted by Crippen LogP contribution is -2.41. The van der Waals surface area contributed by atoms with E-state index in [2.05, 4.69) is 64.8 Å². The summed E-state index contributed by atoms with van der Waals surface area (Å²) in [6.45, 7) is 3.00. The van der Waals surface area contributed by atoms with Gasteiger partial charge in [-0.2, -0.15) is 0 Å². The van der Waals surface area contributed by atoms with Gasteiger partial charge in [-0.3, -0.25) is 10.2 Å². The molecule has 0 bridgehead atoms. The summed E-state index contributed by atoms with van der Waals surface area (Å²) in [4.78, 5) is 2.55. The van der Waals surface area contributed by atoms with Crippen molar-refractivity contribution < 1.29 is 0 Å². The molecule has 3 aromatic rings. The lowest BCUT2D eigenvalue weighted by atomic mass is 10.00. The number of halogens is 1. The maximum atomic E-state index is 6.59. The molecule has 3 N–H and O–H groups in total. The molecular weight excluding hydrogens is 366 g/mol. The van der Waals surface area contributed by atoms with Gasteiger partial charge in [-0.05, 0) is 53.9 Å². The van der Waals surface area contributed by atoms with Gasteiger partial charge in [-0.25, -0.2) is 0 Å². The highest BCUT2D eigenvalue weighted by Crippen LogP contribution is 2.30. The molecule has 1 saturated heterocycles. The molecule has 1 heterocycles. The molecule has 0 saturated carbocycles. The topological polar surface area (TPSA) is 41.3 Å². The maximum absolute atomic E-state index is 6.59. The monoisotopic (exact) mass is 393 g/mol. The molecule has 1 fully saturated rings. The Balaban J connectivity index is 1.56. The van der Waals surface area contributed by atoms with Crippen molar-refractivity contribution in [1.29, 1.82) is 0 Å². The second-order valence-electron chi connectivity index (χ2n) is 7.59. The van der Waals surface area contributed by atoms with Crippen molar-refractivity contribution in [2.75, 3.05) is 19.6 Å². The molecule has 0 aliphatic carbocycles. The number of nitrogens with zero attached hydrogens (tertiary/aromatic N) is 1. The number of nitrogens with two attached hydrogens (primary N) is 1. The van der Waals surface area contributed by atoms with Crippen LogP contribution < -0.4 is 11.1 Å². The van der Waals surface area contributed by atoms with Crippen LogP contribution in [0.3, 0.4) is 0 Å². The molecule has 3 aromatic carbocycles. The van der Waals surface area contributed by atoms with Crippen molar-refractivity contribution >= 4 is 22.4 Å². The van der Waals surface area contributed by atoms with Crippen molar-refractivity contribution in [3.63, 3.8) is 0 Å². The van der Waals surface area contributed by atoms with E-state index in [1.54, 1.807) is 0 Å². The average molecular weight is 394 g/mol. The Morgan fingerprint density at radius 2 is 1.54 bits per heavy atom. The van der Waals surface area contributed by atoms with Gasteiger partial charge in [0.1, 0.15) is 0 Å². The van der Waals surface area contributed by atoms with E-state index in [1.165, 1.54) is 35.6 Å². The molecule has 4 rings (SSSR count). The minimum Gasteiger partial charge on any atom is -0.312 e. The lowest BCUT2D eigenvalue weighted by Gasteiger charge is -2.36. The van der Waals surface area contributed by atoms with E-state index < -0.39 is 0 Å². The van der Waals surface area contributed by atoms with Crippen LogP contribution in [-0.2, 0) is 0 Å². The molecule has 0 radical (unpaired) electrons. The summed E-state index contributed by atoms with van der Waals surface area (Å²) in [5.74, 6) is 0. The van der Waals surface area contributed by atoms with E-state index in [1.807, 2.05) is 12.1 Å². The molecule has 1 aliphatic rings. The highest BCUT2D eigenvalue weighted by atomic mass is 35.5. The third-order valence-corrected chi connectivity index (χ3v) is 6.13. The van der Waals surface area contributed by atoms with Gasteiger partial charge in [0, 0.05) is 17.6 Å². The Labute approximate surface area is 172 Å². The number of benzene rings is 3. The van der Waals surface area contributed by atoms with E-state index in [0.29, 0.717) is 0 Å². The first-order valence-corrected chi connectivity index (χ1v) is 10.6. The summed E-state index contributed by atoms with van der Waals surface area (Å²) in [7, 11) is 0. The van der Waals surface area contributed by atoms with Crippen molar-refractivity contribution in [2.45, 2.75) is 31.5 Å². The first-order valence-electron chi connectivity index (χ1n) is 10.2. The highest BCUT2D eigenvalue weighted by Gasteiger charge is 2.24. The first kappa shape index (κ1) is 19.4. The zero-order chi connectivity index (χ0) is 19.3. The Morgan fingerprint density at radius 1 is 0.857 bits per heavy atom. The van der Waals surface area contributed by atoms with Crippen LogP contribution in [0.4, 0.5) is 0 Å². The fraction of sp³-hybridized carbons (Fsp3) is 0.333. The summed E-state index contributed by atoms with van der Waals surface area (Å²) in [6, 6.07) is 23.2. The van der Waals surface area contributed by atoms with Crippen LogP contribution in [0.1, 0.15) is 42.6 Å². The number of likely N-dealkylation sites (tertiary alicyclic amines) is 1. The van der Waals surface area contributed by atoms with Gasteiger partial charge < -0.3 is 5.73 Å². The summed E-state index contributed by atoms with van der Waals surface area (Å²) < 4.78 is 0. The van der Waals surface area contributed by atoms with Crippen molar-refractivity contribution in [1.82, 2.24) is 10.2 Å². The molecular formula is C24H28ClN3. The number of rotatable bonds is 6. The van der Waals surface area contributed by atoms with Gasteiger partial charge in [0.25, 0.3) is 0 Å². The van der Waals surface area contributed by atoms with Gasteiger partial charge in [0.15, 0.2) is 0 Å². The number of hydrogen-bond acceptors (Lipinski definition) is 3. The minimum absolute atomic E-state index is 0.221. The van der Waals surface area contributed by atoms with E-state index >= 15 is 0 Å². The van der Waals surface area contributed by atoms with Gasteiger partial charge in [0.05, 0.1) is 6.17 Å². The van der Waals surface area contributed by atoms with E-state index in [0.717, 1.165) is 30.2 Å². The summed E-state index contributed by atoms with van der Waals surface area (Å²) >= 11 is 6.56. The van der Waals surface area contributed by atoms with Crippen LogP contribution in [0.25, 0.3) is 10.8 Å². The number of piperidine rings is 1. The van der Waals surface area contributed by atoms with Gasteiger partial charge >= 0.3 is 0 Å². The zero-order valence-corrected chi connectivity index (χ0v) is 16.9. The van der Waals surface area contributed by atoms with Crippen LogP contribution in [0.5, 0.6) is 0 Å². The molecule has 0 spiro atoms. The molecule has 0 aromatic heterocycles. The van der Waals surface area contributed by atoms with Crippen molar-refractivity contribution in [3.05, 3.63) is 82.9 Å². The minimum atomic E-state index is -0.221. The molecule has 0 amide bonds. The first-order chi connectivity index (χ1) is 13.7. The normalized spacial score (nSPS) is 17.5. The predicted octanol–water partition coefficient (Wildman–Crippen LogP) is 5.27. The largest absolute Gasteiger partial charge is 0.312 e. The standard InChI is InChI=1S/C24H28ClN3/c25-22-14-5-4-12-21(22)23(28-15-6-1-7-16-28)17-27-24(26)20-13-8-10-18-9-2-3-11-19(18)20/h2-5,8-14,23-24,27H,1,6-7,15-17,26H2. The van der Waals surface area contributed by atoms with Crippen LogP contribution in [0.15, 0.2) is 66.7 Å². The van der Waals surface area contributed by atoms with E-state index in [4.69, 9.17) is 17.3 Å². The smallest absolute Gasteiger partial charge is 0.0816 e. The Hall–Kier alpha value is -1.91. The molecule has 1 aliphatic heterocycles. The van der Waals surface area contributed by atoms with Gasteiger partial charge in [0.2, 0.25) is 0 Å². The molecule has 2 atom stereocenters. The quantitative estimate of drug-likeness (QED) is 0.560. The molecule has 146 valence electrons. The summed E-state index contributed by atoms with van der Waals surface area (Å²) in [6.07, 6.45) is 3.59. The van der Waals surface area contributed by atoms with Crippen molar-refractivity contribution in [3.8, 4) is 0 Å². The average Bonchev–Trinajstić information content (AvgIpc) is 2.75. The van der Waals surface area contributed by atoms with E-state index in [-0.39, 0.29) is 12.2 Å². The number of hydrogen-bond donors (Lipinski definition) is 2. The molecule has 3 nitrogen and oxygen atoms in total. The molecule has 28 heavy (non-hydrogen) atoms. The third-order valence-electron chi connectivity index (χ3n) is 5.79. The van der Waals surface area contributed by atoms with Crippen LogP contribution in [0, 0.1) is 0 Å². The third kappa shape index (κ3) is 4.23. The Bertz CT molecular complexity index is 915. The highest BCUT2D eigenvalue weighted by molar-refractivity contribution is 6.31. The number of nitrogens with one attached hydrogen (secondary N) is 1. The second kappa shape index (κ2) is 9.06. The zero-order valence-electron chi connectivity index (χ0n) is 16.2. The van der Waals surface area contributed by atoms with Crippen LogP contribution in [-0.4, -0.2) is 24.5 Å². The number of fused-ring (bicyclic) bond motifs is 1. The Kier molecular flexibility index (Phi) is 6.28. The summed E-state index contributed by atoms with van der Waals surface area (Å²) in [5.41, 5.74) is 8.91. The summed E-state index contributed by atoms with van der Waals surface area (Å²) in [5, 5.41) is 6.85. The van der Waals surface area contributed by atoms with Crippen molar-refractivity contribution in [2.24, 2.45) is 5.73 Å². The fourth-order valence-corrected chi connectivity index (χ4v) is 4.54. The predicted molar refractivity (Wildman–Crippen MR) is 118 cm³/mol. The Morgan fingerprint density at radius 3 is 2.36 bits per heavy atom. The van der Waals surface area contributed by atoms with Crippen LogP contribution in [0.2, 0.25) is 5.02 Å². The molecule has 4 heteroatoms. The maximum Gasteiger partial charge on any atom is 0.0816 e. The second-order valence-corrected chi connectivity index (χ2v) is 8.00. The van der Waals surface area contributed by atoms with Crippen LogP contribution >= 0.6 is 11.6 Å². The lowest BCUT2D eigenvalue weighted by molar-refractivity contribution is 0.157. The van der Waals surface area contributed by atoms with Gasteiger partial charge in [-0.15, -0.1) is 0 Å².